The molecule has 2 rings (SSSR count). The monoisotopic (exact) mass is 358 g/mol. The molecule has 138 valence electrons. The van der Waals surface area contributed by atoms with Gasteiger partial charge in [0.05, 0.1) is 11.9 Å². The van der Waals surface area contributed by atoms with Gasteiger partial charge in [0.1, 0.15) is 5.54 Å². The van der Waals surface area contributed by atoms with Crippen LogP contribution in [-0.4, -0.2) is 49.3 Å². The highest BCUT2D eigenvalue weighted by molar-refractivity contribution is 6.60. The lowest BCUT2D eigenvalue weighted by Gasteiger charge is -2.31. The molecule has 0 saturated heterocycles. The Morgan fingerprint density at radius 3 is 2.54 bits per heavy atom. The van der Waals surface area contributed by atoms with Crippen LogP contribution in [-0.2, 0) is 14.4 Å². The van der Waals surface area contributed by atoms with Gasteiger partial charge in [-0.25, -0.2) is 0 Å². The summed E-state index contributed by atoms with van der Waals surface area (Å²) in [6.45, 7) is -0.0229. The summed E-state index contributed by atoms with van der Waals surface area (Å²) in [6, 6.07) is 9.01. The van der Waals surface area contributed by atoms with Crippen LogP contribution in [0.2, 0.25) is 0 Å². The van der Waals surface area contributed by atoms with Gasteiger partial charge in [-0.3, -0.25) is 25.1 Å². The van der Waals surface area contributed by atoms with Crippen LogP contribution in [0.3, 0.4) is 0 Å². The van der Waals surface area contributed by atoms with Crippen molar-refractivity contribution in [3.8, 4) is 0 Å². The highest BCUT2D eigenvalue weighted by Crippen LogP contribution is 2.39. The van der Waals surface area contributed by atoms with E-state index in [9.17, 15) is 14.4 Å². The van der Waals surface area contributed by atoms with Crippen LogP contribution in [0.5, 0.6) is 0 Å². The lowest BCUT2D eigenvalue weighted by Crippen LogP contribution is -2.63. The van der Waals surface area contributed by atoms with E-state index in [0.29, 0.717) is 12.1 Å². The Bertz CT molecular complexity index is 702. The summed E-state index contributed by atoms with van der Waals surface area (Å²) in [4.78, 5) is 35.2. The van der Waals surface area contributed by atoms with E-state index in [1.165, 1.54) is 0 Å². The zero-order chi connectivity index (χ0) is 19.0. The maximum absolute atomic E-state index is 12.3. The number of para-hydroxylation sites is 1. The second-order valence-corrected chi connectivity index (χ2v) is 5.89. The molecule has 3 amide bonds. The Hall–Kier alpha value is -3.07. The first-order valence-electron chi connectivity index (χ1n) is 8.18. The Morgan fingerprint density at radius 2 is 2.00 bits per heavy atom. The molecule has 1 fully saturated rings. The van der Waals surface area contributed by atoms with E-state index in [1.54, 1.807) is 19.2 Å². The maximum atomic E-state index is 12.3. The molecule has 0 radical (unpaired) electrons. The van der Waals surface area contributed by atoms with Crippen molar-refractivity contribution in [1.29, 1.82) is 5.41 Å². The Balaban J connectivity index is 2.04. The van der Waals surface area contributed by atoms with Gasteiger partial charge in [0.25, 0.3) is 5.91 Å². The molecule has 0 heterocycles. The molecule has 1 aliphatic carbocycles. The molecule has 0 aromatic heterocycles. The fourth-order valence-electron chi connectivity index (χ4n) is 2.67. The van der Waals surface area contributed by atoms with Gasteiger partial charge in [-0.05, 0) is 37.9 Å². The third-order valence-electron chi connectivity index (χ3n) is 4.29. The molecule has 0 bridgehead atoms. The van der Waals surface area contributed by atoms with Crippen LogP contribution in [0.1, 0.15) is 12.8 Å². The summed E-state index contributed by atoms with van der Waals surface area (Å²) in [7, 11) is 1.61. The number of benzene rings is 1. The second-order valence-electron chi connectivity index (χ2n) is 5.89. The number of nitrogens with zero attached hydrogens (tertiary/aromatic N) is 1. The Kier molecular flexibility index (Phi) is 6.56. The molecule has 1 unspecified atom stereocenters. The average molecular weight is 358 g/mol. The van der Waals surface area contributed by atoms with Crippen molar-refractivity contribution in [1.82, 2.24) is 16.0 Å². The van der Waals surface area contributed by atoms with Crippen molar-refractivity contribution >= 4 is 35.8 Å². The molecule has 1 atom stereocenters. The highest BCUT2D eigenvalue weighted by Gasteiger charge is 2.50. The van der Waals surface area contributed by atoms with E-state index >= 15 is 0 Å². The van der Waals surface area contributed by atoms with E-state index in [2.05, 4.69) is 26.5 Å². The number of hydrogen-bond donors (Lipinski definition) is 5. The van der Waals surface area contributed by atoms with Crippen molar-refractivity contribution in [2.45, 2.75) is 18.4 Å². The van der Waals surface area contributed by atoms with Gasteiger partial charge >= 0.3 is 0 Å². The molecule has 0 aliphatic heterocycles. The number of imide groups is 1. The summed E-state index contributed by atoms with van der Waals surface area (Å²) >= 11 is 0. The molecular formula is C17H22N6O3. The highest BCUT2D eigenvalue weighted by atomic mass is 16.2. The molecule has 1 saturated carbocycles. The smallest absolute Gasteiger partial charge is 0.273 e. The van der Waals surface area contributed by atoms with Crippen molar-refractivity contribution in [2.24, 2.45) is 11.0 Å². The number of carbonyl (C=O) groups is 3. The SMILES string of the molecule is CNC(CNC(=O)/C(C=N)=N/Nc1ccccc1)(C(=O)NC=O)C1CC1. The number of nitrogens with one attached hydrogen (secondary N) is 5. The van der Waals surface area contributed by atoms with E-state index in [0.717, 1.165) is 19.1 Å². The number of hydrogen-bond acceptors (Lipinski definition) is 7. The van der Waals surface area contributed by atoms with E-state index in [-0.39, 0.29) is 18.2 Å². The number of anilines is 1. The molecule has 26 heavy (non-hydrogen) atoms. The van der Waals surface area contributed by atoms with Crippen LogP contribution in [0.25, 0.3) is 0 Å². The first-order valence-corrected chi connectivity index (χ1v) is 8.18. The zero-order valence-electron chi connectivity index (χ0n) is 14.4. The number of amides is 3. The minimum absolute atomic E-state index is 0.0229. The van der Waals surface area contributed by atoms with Crippen molar-refractivity contribution in [3.63, 3.8) is 0 Å². The second kappa shape index (κ2) is 8.86. The van der Waals surface area contributed by atoms with Gasteiger partial charge in [0.2, 0.25) is 12.3 Å². The van der Waals surface area contributed by atoms with Gasteiger partial charge in [0.15, 0.2) is 5.71 Å². The molecule has 1 aliphatic rings. The molecule has 5 N–H and O–H groups in total. The van der Waals surface area contributed by atoms with Crippen LogP contribution in [0, 0.1) is 11.3 Å². The van der Waals surface area contributed by atoms with Crippen molar-refractivity contribution in [2.75, 3.05) is 19.0 Å². The molecule has 0 spiro atoms. The van der Waals surface area contributed by atoms with Crippen LogP contribution < -0.4 is 21.4 Å². The number of hydrazone groups is 1. The summed E-state index contributed by atoms with van der Waals surface area (Å²) in [5.74, 6) is -1.06. The number of rotatable bonds is 10. The standard InChI is InChI=1S/C17H22N6O3/c1-19-17(12-7-8-12,16(26)21-11-24)10-20-15(25)14(9-18)23-22-13-5-3-2-4-6-13/h2-6,9,11-12,18-19,22H,7-8,10H2,1H3,(H,20,25)(H,21,24,26)/b18-9?,23-14+. The zero-order valence-corrected chi connectivity index (χ0v) is 14.4. The van der Waals surface area contributed by atoms with Crippen LogP contribution in [0.4, 0.5) is 5.69 Å². The van der Waals surface area contributed by atoms with Gasteiger partial charge in [-0.2, -0.15) is 5.10 Å². The topological polar surface area (TPSA) is 136 Å². The van der Waals surface area contributed by atoms with E-state index in [4.69, 9.17) is 5.41 Å². The first-order chi connectivity index (χ1) is 12.6. The first kappa shape index (κ1) is 19.3. The Morgan fingerprint density at radius 1 is 1.31 bits per heavy atom. The lowest BCUT2D eigenvalue weighted by molar-refractivity contribution is -0.131. The largest absolute Gasteiger partial charge is 0.348 e. The molecular weight excluding hydrogens is 336 g/mol. The minimum Gasteiger partial charge on any atom is -0.348 e. The Labute approximate surface area is 151 Å². The minimum atomic E-state index is -1.07. The molecule has 9 heteroatoms. The average Bonchev–Trinajstić information content (AvgIpc) is 3.50. The quantitative estimate of drug-likeness (QED) is 0.225. The third kappa shape index (κ3) is 4.51. The molecule has 1 aromatic rings. The molecule has 1 aromatic carbocycles. The van der Waals surface area contributed by atoms with E-state index < -0.39 is 17.4 Å². The van der Waals surface area contributed by atoms with Crippen LogP contribution >= 0.6 is 0 Å². The number of carbonyl (C=O) groups excluding carboxylic acids is 3. The van der Waals surface area contributed by atoms with Crippen molar-refractivity contribution < 1.29 is 14.4 Å². The predicted octanol–water partition coefficient (Wildman–Crippen LogP) is -0.139. The van der Waals surface area contributed by atoms with Gasteiger partial charge in [-0.15, -0.1) is 0 Å². The van der Waals surface area contributed by atoms with E-state index in [1.807, 2.05) is 18.2 Å². The summed E-state index contributed by atoms with van der Waals surface area (Å²) < 4.78 is 0. The normalized spacial score (nSPS) is 16.1. The predicted molar refractivity (Wildman–Crippen MR) is 98.0 cm³/mol. The van der Waals surface area contributed by atoms with Gasteiger partial charge in [0, 0.05) is 6.54 Å². The summed E-state index contributed by atoms with van der Waals surface area (Å²) in [6.07, 6.45) is 2.80. The maximum Gasteiger partial charge on any atom is 0.273 e. The molecule has 9 nitrogen and oxygen atoms in total. The fraction of sp³-hybridized carbons (Fsp3) is 0.353. The fourth-order valence-corrected chi connectivity index (χ4v) is 2.67. The summed E-state index contributed by atoms with van der Waals surface area (Å²) in [5.41, 5.74) is 2.17. The van der Waals surface area contributed by atoms with Gasteiger partial charge in [-0.1, -0.05) is 18.2 Å². The van der Waals surface area contributed by atoms with Crippen LogP contribution in [0.15, 0.2) is 35.4 Å². The summed E-state index contributed by atoms with van der Waals surface area (Å²) in [5, 5.41) is 19.0. The third-order valence-corrected chi connectivity index (χ3v) is 4.29. The lowest BCUT2D eigenvalue weighted by atomic mass is 9.91. The van der Waals surface area contributed by atoms with Gasteiger partial charge < -0.3 is 16.0 Å². The number of likely N-dealkylation sites (N-methyl/N-ethyl adjacent to an activating group) is 1. The van der Waals surface area contributed by atoms with Crippen molar-refractivity contribution in [3.05, 3.63) is 30.3 Å².